The Kier molecular flexibility index (Phi) is 8.70. The molecule has 41 heavy (non-hydrogen) atoms. The first-order valence-corrected chi connectivity index (χ1v) is 15.2. The predicted octanol–water partition coefficient (Wildman–Crippen LogP) is 5.22. The highest BCUT2D eigenvalue weighted by atomic mass is 32.2. The molecule has 3 fully saturated rings. The van der Waals surface area contributed by atoms with Crippen LogP contribution >= 0.6 is 24.4 Å². The molecule has 0 aromatic heterocycles. The summed E-state index contributed by atoms with van der Waals surface area (Å²) in [6.07, 6.45) is -0.941. The molecular weight excluding hydrogens is 581 g/mol. The fourth-order valence-electron chi connectivity index (χ4n) is 8.14. The molecule has 0 N–H and O–H groups in total. The summed E-state index contributed by atoms with van der Waals surface area (Å²) in [5.41, 5.74) is -7.42. The first-order chi connectivity index (χ1) is 19.1. The fourth-order valence-corrected chi connectivity index (χ4v) is 9.05. The zero-order valence-electron chi connectivity index (χ0n) is 23.4. The van der Waals surface area contributed by atoms with Gasteiger partial charge in [0, 0.05) is 35.5 Å². The van der Waals surface area contributed by atoms with Gasteiger partial charge in [-0.15, -0.1) is 12.6 Å². The number of carbonyl (C=O) groups is 5. The van der Waals surface area contributed by atoms with Crippen LogP contribution in [0.4, 0.5) is 13.2 Å². The van der Waals surface area contributed by atoms with E-state index < -0.39 is 86.1 Å². The molecule has 0 unspecified atom stereocenters. The molecule has 9 atom stereocenters. The van der Waals surface area contributed by atoms with Crippen molar-refractivity contribution in [3.05, 3.63) is 23.8 Å². The van der Waals surface area contributed by atoms with E-state index in [9.17, 15) is 28.4 Å². The molecule has 0 heterocycles. The lowest BCUT2D eigenvalue weighted by atomic mass is 9.44. The second-order valence-corrected chi connectivity index (χ2v) is 13.3. The van der Waals surface area contributed by atoms with Crippen molar-refractivity contribution >= 4 is 52.3 Å². The molecule has 0 amide bonds. The summed E-state index contributed by atoms with van der Waals surface area (Å²) < 4.78 is 59.3. The molecule has 3 saturated carbocycles. The summed E-state index contributed by atoms with van der Waals surface area (Å²) in [4.78, 5) is 63.0. The maximum Gasteiger partial charge on any atom is 0.306 e. The minimum atomic E-state index is -2.43. The Morgan fingerprint density at radius 2 is 1.80 bits per heavy atom. The van der Waals surface area contributed by atoms with Crippen molar-refractivity contribution in [3.63, 3.8) is 0 Å². The van der Waals surface area contributed by atoms with Crippen LogP contribution in [0.5, 0.6) is 0 Å². The largest absolute Gasteiger partial charge is 0.459 e. The number of carbonyl (C=O) groups excluding carboxylic acids is 5. The quantitative estimate of drug-likeness (QED) is 0.293. The van der Waals surface area contributed by atoms with Crippen LogP contribution in [0.1, 0.15) is 66.2 Å². The van der Waals surface area contributed by atoms with Crippen LogP contribution in [-0.4, -0.2) is 57.5 Å². The monoisotopic (exact) mass is 616 g/mol. The van der Waals surface area contributed by atoms with Gasteiger partial charge >= 0.3 is 11.9 Å². The Bertz CT molecular complexity index is 1220. The number of hydrogen-bond acceptors (Lipinski definition) is 8. The second kappa shape index (κ2) is 11.2. The number of thiol groups is 1. The van der Waals surface area contributed by atoms with Crippen LogP contribution < -0.4 is 0 Å². The minimum Gasteiger partial charge on any atom is -0.459 e. The van der Waals surface area contributed by atoms with Gasteiger partial charge in [-0.2, -0.15) is 0 Å². The van der Waals surface area contributed by atoms with Gasteiger partial charge in [0.05, 0.1) is 6.42 Å². The number of allylic oxidation sites excluding steroid dienone is 4. The van der Waals surface area contributed by atoms with E-state index in [-0.39, 0.29) is 44.1 Å². The van der Waals surface area contributed by atoms with Crippen molar-refractivity contribution in [2.75, 3.05) is 6.01 Å². The maximum atomic E-state index is 18.1. The Morgan fingerprint density at radius 3 is 2.41 bits per heavy atom. The number of thioether (sulfide) groups is 1. The molecule has 4 aliphatic carbocycles. The van der Waals surface area contributed by atoms with E-state index in [1.165, 1.54) is 13.0 Å². The minimum absolute atomic E-state index is 0.0577. The first kappa shape index (κ1) is 31.8. The van der Waals surface area contributed by atoms with Gasteiger partial charge in [0.1, 0.15) is 18.3 Å². The molecule has 0 aromatic carbocycles. The smallest absolute Gasteiger partial charge is 0.306 e. The number of rotatable bonds is 8. The highest BCUT2D eigenvalue weighted by Crippen LogP contribution is 2.72. The molecule has 0 aromatic rings. The average Bonchev–Trinajstić information content (AvgIpc) is 3.12. The van der Waals surface area contributed by atoms with Gasteiger partial charge in [0.15, 0.2) is 22.2 Å². The molecular formula is C29H35F3O7S2. The van der Waals surface area contributed by atoms with Crippen molar-refractivity contribution in [3.8, 4) is 0 Å². The van der Waals surface area contributed by atoms with Crippen LogP contribution in [0.25, 0.3) is 0 Å². The molecule has 0 saturated heterocycles. The third-order valence-electron chi connectivity index (χ3n) is 10.0. The Hall–Kier alpha value is -2.08. The molecule has 0 aliphatic heterocycles. The van der Waals surface area contributed by atoms with E-state index in [1.807, 2.05) is 0 Å². The fraction of sp³-hybridized carbons (Fsp3) is 0.690. The third-order valence-corrected chi connectivity index (χ3v) is 10.9. The number of ether oxygens (including phenoxy) is 2. The lowest BCUT2D eigenvalue weighted by molar-refractivity contribution is -0.237. The summed E-state index contributed by atoms with van der Waals surface area (Å²) in [5, 5.41) is -1.31. The van der Waals surface area contributed by atoms with E-state index >= 15 is 8.78 Å². The first-order valence-electron chi connectivity index (χ1n) is 13.8. The molecule has 0 radical (unpaired) electrons. The van der Waals surface area contributed by atoms with Crippen molar-refractivity contribution in [2.24, 2.45) is 28.6 Å². The van der Waals surface area contributed by atoms with E-state index in [1.54, 1.807) is 20.8 Å². The van der Waals surface area contributed by atoms with E-state index in [2.05, 4.69) is 12.6 Å². The molecule has 0 spiro atoms. The van der Waals surface area contributed by atoms with Gasteiger partial charge in [-0.25, -0.2) is 13.2 Å². The topological polar surface area (TPSA) is 104 Å². The van der Waals surface area contributed by atoms with Gasteiger partial charge in [-0.3, -0.25) is 24.0 Å². The average molecular weight is 617 g/mol. The standard InChI is InChI=1S/C29H35F3O7S2/c1-5-22(34)39-29(25(37)41-14-30)15(2)10-17-18-12-20(31)19-11-16(33)8-9-26(19,3)28(18,32)21(13-27(17,29)4)38-23(35)6-7-24(36)40/h8-9,11,15,17-18,20-21H,5-7,10,12-14H2,1-4H3,(H,36,40)/t15-,17+,18+,20+,21+,26+,27+,28+,29+/m1/s1. The summed E-state index contributed by atoms with van der Waals surface area (Å²) >= 11 is 4.02. The van der Waals surface area contributed by atoms with Crippen molar-refractivity contribution in [1.82, 2.24) is 0 Å². The number of halogens is 3. The maximum absolute atomic E-state index is 18.1. The summed E-state index contributed by atoms with van der Waals surface area (Å²) in [6.45, 7) is 6.32. The molecule has 0 bridgehead atoms. The summed E-state index contributed by atoms with van der Waals surface area (Å²) in [5.74, 6) is -4.64. The van der Waals surface area contributed by atoms with Gasteiger partial charge in [-0.05, 0) is 61.6 Å². The highest BCUT2D eigenvalue weighted by molar-refractivity contribution is 8.13. The van der Waals surface area contributed by atoms with Crippen molar-refractivity contribution in [2.45, 2.75) is 89.8 Å². The molecule has 7 nitrogen and oxygen atoms in total. The van der Waals surface area contributed by atoms with Crippen molar-refractivity contribution in [1.29, 1.82) is 0 Å². The van der Waals surface area contributed by atoms with Gasteiger partial charge in [-0.1, -0.05) is 26.8 Å². The molecule has 4 rings (SSSR count). The van der Waals surface area contributed by atoms with Gasteiger partial charge in [0.2, 0.25) is 5.12 Å². The number of fused-ring (bicyclic) bond motifs is 5. The summed E-state index contributed by atoms with van der Waals surface area (Å²) in [6, 6.07) is -1.08. The number of hydrogen-bond donors (Lipinski definition) is 1. The highest BCUT2D eigenvalue weighted by Gasteiger charge is 2.79. The zero-order valence-corrected chi connectivity index (χ0v) is 25.1. The normalized spacial score (nSPS) is 41.0. The van der Waals surface area contributed by atoms with Crippen molar-refractivity contribution < 1.29 is 46.6 Å². The zero-order chi connectivity index (χ0) is 30.5. The molecule has 226 valence electrons. The molecule has 12 heteroatoms. The Labute approximate surface area is 246 Å². The van der Waals surface area contributed by atoms with E-state index in [0.29, 0.717) is 11.8 Å². The van der Waals surface area contributed by atoms with Gasteiger partial charge in [0.25, 0.3) is 0 Å². The van der Waals surface area contributed by atoms with Crippen LogP contribution in [0.3, 0.4) is 0 Å². The van der Waals surface area contributed by atoms with Crippen LogP contribution in [0, 0.1) is 28.6 Å². The lowest BCUT2D eigenvalue weighted by Gasteiger charge is -2.63. The van der Waals surface area contributed by atoms with Crippen LogP contribution in [0.15, 0.2) is 23.8 Å². The number of ketones is 1. The van der Waals surface area contributed by atoms with E-state index in [4.69, 9.17) is 9.47 Å². The van der Waals surface area contributed by atoms with Gasteiger partial charge < -0.3 is 9.47 Å². The van der Waals surface area contributed by atoms with Crippen LogP contribution in [-0.2, 0) is 33.4 Å². The van der Waals surface area contributed by atoms with Crippen LogP contribution in [0.2, 0.25) is 0 Å². The second-order valence-electron chi connectivity index (χ2n) is 12.0. The third kappa shape index (κ3) is 4.71. The SMILES string of the molecule is CCC(=O)O[C@]1(C(=O)SCF)[C@H](C)C[C@H]2[C@@H]3C[C@H](F)C4=CC(=O)C=C[C@]4(C)[C@@]3(F)[C@@H](OC(=O)CCC(=O)S)C[C@@]21C. The van der Waals surface area contributed by atoms with E-state index in [0.717, 1.165) is 12.2 Å². The Morgan fingerprint density at radius 1 is 1.12 bits per heavy atom. The Balaban J connectivity index is 1.91. The number of esters is 2. The predicted molar refractivity (Wildman–Crippen MR) is 148 cm³/mol. The number of alkyl halides is 3. The summed E-state index contributed by atoms with van der Waals surface area (Å²) in [7, 11) is 0. The lowest BCUT2D eigenvalue weighted by Crippen LogP contribution is -2.71. The molecule has 4 aliphatic rings.